The molecule has 2 rings (SSSR count). The highest BCUT2D eigenvalue weighted by Crippen LogP contribution is 2.22. The number of hydrogen-bond donors (Lipinski definition) is 2. The van der Waals surface area contributed by atoms with Gasteiger partial charge >= 0.3 is 0 Å². The lowest BCUT2D eigenvalue weighted by Crippen LogP contribution is -2.40. The van der Waals surface area contributed by atoms with Gasteiger partial charge in [-0.2, -0.15) is 0 Å². The highest BCUT2D eigenvalue weighted by Gasteiger charge is 2.24. The first-order valence-corrected chi connectivity index (χ1v) is 6.88. The zero-order chi connectivity index (χ0) is 13.8. The third-order valence-corrected chi connectivity index (χ3v) is 3.84. The monoisotopic (exact) mass is 262 g/mol. The Morgan fingerprint density at radius 1 is 1.53 bits per heavy atom. The molecule has 1 atom stereocenters. The summed E-state index contributed by atoms with van der Waals surface area (Å²) in [6, 6.07) is 5.46. The van der Waals surface area contributed by atoms with E-state index in [4.69, 9.17) is 10.8 Å². The molecule has 104 valence electrons. The molecule has 1 aliphatic rings. The van der Waals surface area contributed by atoms with Crippen LogP contribution in [0.5, 0.6) is 0 Å². The maximum atomic E-state index is 12.5. The Balaban J connectivity index is 2.12. The second-order valence-electron chi connectivity index (χ2n) is 5.35. The summed E-state index contributed by atoms with van der Waals surface area (Å²) in [7, 11) is 0. The molecular formula is C15H22N2O2. The molecule has 0 saturated carbocycles. The first-order valence-electron chi connectivity index (χ1n) is 6.88. The highest BCUT2D eigenvalue weighted by molar-refractivity contribution is 5.96. The maximum absolute atomic E-state index is 12.5. The van der Waals surface area contributed by atoms with Gasteiger partial charge in [0.1, 0.15) is 0 Å². The number of hydrogen-bond acceptors (Lipinski definition) is 3. The summed E-state index contributed by atoms with van der Waals surface area (Å²) in [5.41, 5.74) is 8.05. The number of piperidine rings is 1. The molecule has 1 aromatic carbocycles. The van der Waals surface area contributed by atoms with Crippen molar-refractivity contribution in [1.82, 2.24) is 4.90 Å². The summed E-state index contributed by atoms with van der Waals surface area (Å²) in [5.74, 6) is 0.483. The van der Waals surface area contributed by atoms with E-state index in [1.165, 1.54) is 0 Å². The smallest absolute Gasteiger partial charge is 0.254 e. The fourth-order valence-electron chi connectivity index (χ4n) is 2.71. The largest absolute Gasteiger partial charge is 0.399 e. The Morgan fingerprint density at radius 2 is 2.32 bits per heavy atom. The molecule has 1 heterocycles. The van der Waals surface area contributed by atoms with Crippen LogP contribution in [0.15, 0.2) is 18.2 Å². The predicted molar refractivity (Wildman–Crippen MR) is 75.9 cm³/mol. The number of amides is 1. The minimum Gasteiger partial charge on any atom is -0.399 e. The van der Waals surface area contributed by atoms with Gasteiger partial charge in [0.15, 0.2) is 0 Å². The summed E-state index contributed by atoms with van der Waals surface area (Å²) >= 11 is 0. The number of carbonyl (C=O) groups excluding carboxylic acids is 1. The van der Waals surface area contributed by atoms with Gasteiger partial charge in [-0.3, -0.25) is 4.79 Å². The Kier molecular flexibility index (Phi) is 4.43. The number of nitrogens with two attached hydrogens (primary N) is 1. The van der Waals surface area contributed by atoms with Crippen molar-refractivity contribution in [2.24, 2.45) is 5.92 Å². The van der Waals surface area contributed by atoms with Gasteiger partial charge in [0.05, 0.1) is 0 Å². The van der Waals surface area contributed by atoms with E-state index >= 15 is 0 Å². The molecule has 0 radical (unpaired) electrons. The van der Waals surface area contributed by atoms with Gasteiger partial charge in [0.2, 0.25) is 0 Å². The molecule has 1 aromatic rings. The van der Waals surface area contributed by atoms with Crippen LogP contribution in [0.3, 0.4) is 0 Å². The molecule has 3 N–H and O–H groups in total. The average molecular weight is 262 g/mol. The molecule has 0 bridgehead atoms. The summed E-state index contributed by atoms with van der Waals surface area (Å²) in [6.45, 7) is 3.68. The van der Waals surface area contributed by atoms with Crippen LogP contribution < -0.4 is 5.73 Å². The van der Waals surface area contributed by atoms with Crippen LogP contribution in [-0.4, -0.2) is 35.6 Å². The fraction of sp³-hybridized carbons (Fsp3) is 0.533. The molecule has 4 heteroatoms. The Labute approximate surface area is 114 Å². The van der Waals surface area contributed by atoms with Crippen molar-refractivity contribution in [2.45, 2.75) is 26.2 Å². The fourth-order valence-corrected chi connectivity index (χ4v) is 2.71. The standard InChI is InChI=1S/C15H22N2O2/c1-11-4-5-13(16)9-14(11)15(19)17-7-2-3-12(10-17)6-8-18/h4-5,9,12,18H,2-3,6-8,10,16H2,1H3. The van der Waals surface area contributed by atoms with Crippen LogP contribution in [0.4, 0.5) is 5.69 Å². The van der Waals surface area contributed by atoms with Crippen molar-refractivity contribution < 1.29 is 9.90 Å². The summed E-state index contributed by atoms with van der Waals surface area (Å²) in [6.07, 6.45) is 2.89. The molecule has 1 unspecified atom stereocenters. The molecule has 0 spiro atoms. The number of rotatable bonds is 3. The van der Waals surface area contributed by atoms with Gasteiger partial charge in [-0.1, -0.05) is 6.07 Å². The first kappa shape index (κ1) is 13.9. The molecule has 1 aliphatic heterocycles. The topological polar surface area (TPSA) is 66.6 Å². The van der Waals surface area contributed by atoms with Gasteiger partial charge in [0, 0.05) is 30.9 Å². The van der Waals surface area contributed by atoms with Crippen molar-refractivity contribution in [3.63, 3.8) is 0 Å². The Morgan fingerprint density at radius 3 is 3.05 bits per heavy atom. The minimum absolute atomic E-state index is 0.0624. The van der Waals surface area contributed by atoms with E-state index in [-0.39, 0.29) is 12.5 Å². The Hall–Kier alpha value is -1.55. The molecular weight excluding hydrogens is 240 g/mol. The van der Waals surface area contributed by atoms with E-state index in [0.717, 1.165) is 37.9 Å². The van der Waals surface area contributed by atoms with E-state index in [9.17, 15) is 4.79 Å². The third kappa shape index (κ3) is 3.26. The van der Waals surface area contributed by atoms with Gasteiger partial charge in [-0.15, -0.1) is 0 Å². The number of nitrogens with zero attached hydrogens (tertiary/aromatic N) is 1. The number of carbonyl (C=O) groups is 1. The van der Waals surface area contributed by atoms with Crippen LogP contribution in [0, 0.1) is 12.8 Å². The third-order valence-electron chi connectivity index (χ3n) is 3.84. The van der Waals surface area contributed by atoms with Crippen LogP contribution in [0.2, 0.25) is 0 Å². The lowest BCUT2D eigenvalue weighted by Gasteiger charge is -2.33. The van der Waals surface area contributed by atoms with Gasteiger partial charge in [0.25, 0.3) is 5.91 Å². The number of likely N-dealkylation sites (tertiary alicyclic amines) is 1. The number of aliphatic hydroxyl groups excluding tert-OH is 1. The highest BCUT2D eigenvalue weighted by atomic mass is 16.3. The summed E-state index contributed by atoms with van der Waals surface area (Å²) < 4.78 is 0. The predicted octanol–water partition coefficient (Wildman–Crippen LogP) is 1.81. The molecule has 1 fully saturated rings. The van der Waals surface area contributed by atoms with Crippen molar-refractivity contribution in [3.8, 4) is 0 Å². The number of aryl methyl sites for hydroxylation is 1. The molecule has 4 nitrogen and oxygen atoms in total. The number of nitrogen functional groups attached to an aromatic ring is 1. The van der Waals surface area contributed by atoms with Crippen molar-refractivity contribution in [2.75, 3.05) is 25.4 Å². The zero-order valence-electron chi connectivity index (χ0n) is 11.4. The number of aliphatic hydroxyl groups is 1. The van der Waals surface area contributed by atoms with Crippen molar-refractivity contribution in [3.05, 3.63) is 29.3 Å². The Bertz CT molecular complexity index is 457. The summed E-state index contributed by atoms with van der Waals surface area (Å²) in [5, 5.41) is 9.02. The molecule has 1 saturated heterocycles. The quantitative estimate of drug-likeness (QED) is 0.816. The van der Waals surface area contributed by atoms with Crippen molar-refractivity contribution in [1.29, 1.82) is 0 Å². The van der Waals surface area contributed by atoms with Crippen LogP contribution >= 0.6 is 0 Å². The number of benzene rings is 1. The van der Waals surface area contributed by atoms with E-state index in [1.54, 1.807) is 6.07 Å². The van der Waals surface area contributed by atoms with Crippen LogP contribution in [0.25, 0.3) is 0 Å². The second kappa shape index (κ2) is 6.06. The SMILES string of the molecule is Cc1ccc(N)cc1C(=O)N1CCCC(CCO)C1. The minimum atomic E-state index is 0.0624. The molecule has 0 aliphatic carbocycles. The number of anilines is 1. The van der Waals surface area contributed by atoms with E-state index in [1.807, 2.05) is 24.0 Å². The van der Waals surface area contributed by atoms with E-state index < -0.39 is 0 Å². The second-order valence-corrected chi connectivity index (χ2v) is 5.35. The maximum Gasteiger partial charge on any atom is 0.254 e. The molecule has 1 amide bonds. The van der Waals surface area contributed by atoms with Gasteiger partial charge < -0.3 is 15.7 Å². The molecule has 0 aromatic heterocycles. The molecule has 19 heavy (non-hydrogen) atoms. The van der Waals surface area contributed by atoms with Crippen molar-refractivity contribution >= 4 is 11.6 Å². The van der Waals surface area contributed by atoms with Crippen LogP contribution in [-0.2, 0) is 0 Å². The lowest BCUT2D eigenvalue weighted by molar-refractivity contribution is 0.0653. The van der Waals surface area contributed by atoms with Gasteiger partial charge in [-0.25, -0.2) is 0 Å². The van der Waals surface area contributed by atoms with E-state index in [0.29, 0.717) is 17.2 Å². The normalized spacial score (nSPS) is 19.5. The first-order chi connectivity index (χ1) is 9.11. The lowest BCUT2D eigenvalue weighted by atomic mass is 9.94. The van der Waals surface area contributed by atoms with Crippen LogP contribution in [0.1, 0.15) is 35.2 Å². The summed E-state index contributed by atoms with van der Waals surface area (Å²) in [4.78, 5) is 14.4. The van der Waals surface area contributed by atoms with E-state index in [2.05, 4.69) is 0 Å². The average Bonchev–Trinajstić information content (AvgIpc) is 2.41. The van der Waals surface area contributed by atoms with Gasteiger partial charge in [-0.05, 0) is 49.8 Å². The zero-order valence-corrected chi connectivity index (χ0v) is 11.4.